The fourth-order valence-electron chi connectivity index (χ4n) is 1.31. The molecule has 1 atom stereocenters. The minimum Gasteiger partial charge on any atom is -0.480 e. The van der Waals surface area contributed by atoms with Crippen molar-refractivity contribution >= 4 is 17.8 Å². The van der Waals surface area contributed by atoms with Crippen molar-refractivity contribution in [3.8, 4) is 0 Å². The zero-order valence-corrected chi connectivity index (χ0v) is 9.52. The van der Waals surface area contributed by atoms with Crippen LogP contribution in [0.25, 0.3) is 0 Å². The van der Waals surface area contributed by atoms with Gasteiger partial charge >= 0.3 is 5.97 Å². The molecule has 1 rings (SSSR count). The van der Waals surface area contributed by atoms with Crippen molar-refractivity contribution < 1.29 is 28.3 Å². The standard InChI is InChI=1S/C11H10F2N2O4/c12-5-1-2-7(13)6(3-5)10(17)15-8(11(18)19)4-9(14)16/h1-3,8H,4H2,(H2,14,16)(H,15,17)(H,18,19)/t8-/m0/s1. The van der Waals surface area contributed by atoms with E-state index in [9.17, 15) is 23.2 Å². The lowest BCUT2D eigenvalue weighted by atomic mass is 10.1. The average Bonchev–Trinajstić information content (AvgIpc) is 2.30. The molecular weight excluding hydrogens is 262 g/mol. The van der Waals surface area contributed by atoms with Gasteiger partial charge in [0.05, 0.1) is 12.0 Å². The fourth-order valence-corrected chi connectivity index (χ4v) is 1.31. The number of primary amides is 1. The highest BCUT2D eigenvalue weighted by molar-refractivity contribution is 5.97. The Bertz CT molecular complexity index is 533. The maximum atomic E-state index is 13.3. The second-order valence-corrected chi connectivity index (χ2v) is 3.66. The van der Waals surface area contributed by atoms with E-state index in [0.29, 0.717) is 6.07 Å². The Morgan fingerprint density at radius 3 is 2.47 bits per heavy atom. The third-order valence-corrected chi connectivity index (χ3v) is 2.18. The Morgan fingerprint density at radius 2 is 1.95 bits per heavy atom. The quantitative estimate of drug-likeness (QED) is 0.702. The first kappa shape index (κ1) is 14.6. The molecule has 102 valence electrons. The maximum Gasteiger partial charge on any atom is 0.326 e. The summed E-state index contributed by atoms with van der Waals surface area (Å²) in [5.41, 5.74) is 4.16. The summed E-state index contributed by atoms with van der Waals surface area (Å²) in [5, 5.41) is 10.6. The van der Waals surface area contributed by atoms with E-state index in [1.54, 1.807) is 0 Å². The molecule has 6 nitrogen and oxygen atoms in total. The summed E-state index contributed by atoms with van der Waals surface area (Å²) in [4.78, 5) is 33.0. The Balaban J connectivity index is 2.90. The largest absolute Gasteiger partial charge is 0.480 e. The summed E-state index contributed by atoms with van der Waals surface area (Å²) in [6.45, 7) is 0. The van der Waals surface area contributed by atoms with Crippen LogP contribution in [0.3, 0.4) is 0 Å². The van der Waals surface area contributed by atoms with Crippen molar-refractivity contribution in [3.05, 3.63) is 35.4 Å². The van der Waals surface area contributed by atoms with Crippen molar-refractivity contribution in [1.82, 2.24) is 5.32 Å². The Labute approximate surface area is 106 Å². The molecule has 0 saturated heterocycles. The van der Waals surface area contributed by atoms with Crippen LogP contribution in [0.2, 0.25) is 0 Å². The van der Waals surface area contributed by atoms with Gasteiger partial charge in [-0.1, -0.05) is 0 Å². The highest BCUT2D eigenvalue weighted by Crippen LogP contribution is 2.10. The first-order valence-corrected chi connectivity index (χ1v) is 5.08. The number of hydrogen-bond donors (Lipinski definition) is 3. The lowest BCUT2D eigenvalue weighted by molar-refractivity contribution is -0.140. The topological polar surface area (TPSA) is 109 Å². The van der Waals surface area contributed by atoms with Gasteiger partial charge in [0.1, 0.15) is 17.7 Å². The van der Waals surface area contributed by atoms with Crippen LogP contribution in [0, 0.1) is 11.6 Å². The molecule has 0 aliphatic carbocycles. The maximum absolute atomic E-state index is 13.3. The zero-order chi connectivity index (χ0) is 14.6. The van der Waals surface area contributed by atoms with Gasteiger partial charge in [0.25, 0.3) is 5.91 Å². The Morgan fingerprint density at radius 1 is 1.32 bits per heavy atom. The van der Waals surface area contributed by atoms with Crippen LogP contribution in [0.5, 0.6) is 0 Å². The zero-order valence-electron chi connectivity index (χ0n) is 9.52. The van der Waals surface area contributed by atoms with Crippen LogP contribution < -0.4 is 11.1 Å². The number of rotatable bonds is 5. The summed E-state index contributed by atoms with van der Waals surface area (Å²) < 4.78 is 26.1. The molecule has 19 heavy (non-hydrogen) atoms. The van der Waals surface area contributed by atoms with E-state index in [0.717, 1.165) is 12.1 Å². The number of carboxylic acid groups (broad SMARTS) is 1. The normalized spacial score (nSPS) is 11.7. The number of carbonyl (C=O) groups excluding carboxylic acids is 2. The van der Waals surface area contributed by atoms with E-state index in [4.69, 9.17) is 10.8 Å². The molecule has 4 N–H and O–H groups in total. The molecule has 2 amide bonds. The van der Waals surface area contributed by atoms with Crippen molar-refractivity contribution in [2.45, 2.75) is 12.5 Å². The summed E-state index contributed by atoms with van der Waals surface area (Å²) in [7, 11) is 0. The molecule has 1 aromatic rings. The first-order chi connectivity index (χ1) is 8.81. The summed E-state index contributed by atoms with van der Waals surface area (Å²) in [5.74, 6) is -5.47. The van der Waals surface area contributed by atoms with E-state index in [1.807, 2.05) is 5.32 Å². The third kappa shape index (κ3) is 4.02. The van der Waals surface area contributed by atoms with Crippen molar-refractivity contribution in [1.29, 1.82) is 0 Å². The van der Waals surface area contributed by atoms with E-state index in [-0.39, 0.29) is 0 Å². The smallest absolute Gasteiger partial charge is 0.326 e. The number of amides is 2. The van der Waals surface area contributed by atoms with Gasteiger partial charge in [-0.2, -0.15) is 0 Å². The number of nitrogens with one attached hydrogen (secondary N) is 1. The molecule has 8 heteroatoms. The van der Waals surface area contributed by atoms with E-state index >= 15 is 0 Å². The fraction of sp³-hybridized carbons (Fsp3) is 0.182. The third-order valence-electron chi connectivity index (χ3n) is 2.18. The van der Waals surface area contributed by atoms with Crippen molar-refractivity contribution in [3.63, 3.8) is 0 Å². The number of carboxylic acids is 1. The molecule has 0 heterocycles. The van der Waals surface area contributed by atoms with E-state index < -0.39 is 47.4 Å². The SMILES string of the molecule is NC(=O)C[C@H](NC(=O)c1cc(F)ccc1F)C(=O)O. The van der Waals surface area contributed by atoms with Gasteiger partial charge in [-0.15, -0.1) is 0 Å². The molecule has 1 aromatic carbocycles. The summed E-state index contributed by atoms with van der Waals surface area (Å²) in [6.07, 6.45) is -0.655. The van der Waals surface area contributed by atoms with Gasteiger partial charge in [0, 0.05) is 0 Å². The predicted molar refractivity (Wildman–Crippen MR) is 59.1 cm³/mol. The van der Waals surface area contributed by atoms with Crippen LogP contribution in [-0.2, 0) is 9.59 Å². The number of carbonyl (C=O) groups is 3. The van der Waals surface area contributed by atoms with Gasteiger partial charge in [-0.05, 0) is 18.2 Å². The minimum atomic E-state index is -1.60. The Kier molecular flexibility index (Phi) is 4.51. The number of nitrogens with two attached hydrogens (primary N) is 1. The van der Waals surface area contributed by atoms with Gasteiger partial charge in [-0.3, -0.25) is 9.59 Å². The van der Waals surface area contributed by atoms with Gasteiger partial charge in [0.2, 0.25) is 5.91 Å². The molecule has 0 fully saturated rings. The second-order valence-electron chi connectivity index (χ2n) is 3.66. The van der Waals surface area contributed by atoms with Gasteiger partial charge in [0.15, 0.2) is 0 Å². The van der Waals surface area contributed by atoms with Gasteiger partial charge < -0.3 is 16.2 Å². The van der Waals surface area contributed by atoms with Crippen LogP contribution in [0.1, 0.15) is 16.8 Å². The van der Waals surface area contributed by atoms with Crippen LogP contribution >= 0.6 is 0 Å². The van der Waals surface area contributed by atoms with Crippen LogP contribution in [0.15, 0.2) is 18.2 Å². The Hall–Kier alpha value is -2.51. The van der Waals surface area contributed by atoms with E-state index in [2.05, 4.69) is 0 Å². The first-order valence-electron chi connectivity index (χ1n) is 5.08. The summed E-state index contributed by atoms with van der Waals surface area (Å²) >= 11 is 0. The highest BCUT2D eigenvalue weighted by Gasteiger charge is 2.24. The molecule has 0 saturated carbocycles. The van der Waals surface area contributed by atoms with Crippen LogP contribution in [-0.4, -0.2) is 28.9 Å². The lowest BCUT2D eigenvalue weighted by Gasteiger charge is -2.13. The lowest BCUT2D eigenvalue weighted by Crippen LogP contribution is -2.43. The monoisotopic (exact) mass is 272 g/mol. The number of benzene rings is 1. The molecule has 0 bridgehead atoms. The molecule has 0 aliphatic rings. The number of hydrogen-bond acceptors (Lipinski definition) is 3. The number of aliphatic carboxylic acids is 1. The molecule has 0 aromatic heterocycles. The van der Waals surface area contributed by atoms with Crippen LogP contribution in [0.4, 0.5) is 8.78 Å². The van der Waals surface area contributed by atoms with E-state index in [1.165, 1.54) is 0 Å². The molecular formula is C11H10F2N2O4. The minimum absolute atomic E-state index is 0.619. The highest BCUT2D eigenvalue weighted by atomic mass is 19.1. The molecule has 0 aliphatic heterocycles. The van der Waals surface area contributed by atoms with Crippen molar-refractivity contribution in [2.24, 2.45) is 5.73 Å². The molecule has 0 radical (unpaired) electrons. The van der Waals surface area contributed by atoms with Crippen molar-refractivity contribution in [2.75, 3.05) is 0 Å². The number of halogens is 2. The van der Waals surface area contributed by atoms with Gasteiger partial charge in [-0.25, -0.2) is 13.6 Å². The second kappa shape index (κ2) is 5.89. The predicted octanol–water partition coefficient (Wildman–Crippen LogP) is 0.0232. The summed E-state index contributed by atoms with van der Waals surface area (Å²) in [6, 6.07) is 0.555. The molecule has 0 unspecified atom stereocenters. The average molecular weight is 272 g/mol. The molecule has 0 spiro atoms.